The first-order valence-corrected chi connectivity index (χ1v) is 11.1. The summed E-state index contributed by atoms with van der Waals surface area (Å²) in [6.07, 6.45) is 2.74. The Labute approximate surface area is 218 Å². The molecule has 2 fully saturated rings. The van der Waals surface area contributed by atoms with Gasteiger partial charge in [0.1, 0.15) is 22.7 Å². The number of hydrogen-bond acceptors (Lipinski definition) is 9. The van der Waals surface area contributed by atoms with Gasteiger partial charge in [-0.3, -0.25) is 0 Å². The maximum absolute atomic E-state index is 11.8. The highest BCUT2D eigenvalue weighted by molar-refractivity contribution is 9.10. The summed E-state index contributed by atoms with van der Waals surface area (Å²) in [6.45, 7) is 8.79. The van der Waals surface area contributed by atoms with Crippen molar-refractivity contribution in [3.05, 3.63) is 34.6 Å². The molecule has 2 aliphatic rings. The van der Waals surface area contributed by atoms with E-state index in [1.807, 2.05) is 20.8 Å². The van der Waals surface area contributed by atoms with Gasteiger partial charge in [-0.25, -0.2) is 24.7 Å². The minimum Gasteiger partial charge on any atom is -0.481 e. The van der Waals surface area contributed by atoms with Crippen LogP contribution in [0.4, 0.5) is 4.79 Å². The van der Waals surface area contributed by atoms with Gasteiger partial charge in [-0.05, 0) is 36.7 Å². The fourth-order valence-electron chi connectivity index (χ4n) is 3.10. The van der Waals surface area contributed by atoms with Gasteiger partial charge in [-0.1, -0.05) is 22.3 Å². The number of hydrogen-bond donors (Lipinski definition) is 1. The summed E-state index contributed by atoms with van der Waals surface area (Å²) >= 11 is 3.44. The minimum absolute atomic E-state index is 0. The van der Waals surface area contributed by atoms with Crippen LogP contribution in [0.1, 0.15) is 66.3 Å². The van der Waals surface area contributed by atoms with Crippen LogP contribution in [0.3, 0.4) is 0 Å². The van der Waals surface area contributed by atoms with Crippen molar-refractivity contribution in [1.29, 1.82) is 0 Å². The van der Waals surface area contributed by atoms with Crippen molar-refractivity contribution in [2.24, 2.45) is 0 Å². The maximum Gasteiger partial charge on any atom is 0.410 e. The number of carbonyl (C=O) groups excluding carboxylic acids is 1. The Morgan fingerprint density at radius 2 is 1.63 bits per heavy atom. The third kappa shape index (κ3) is 8.57. The molecule has 0 unspecified atom stereocenters. The molecule has 198 valence electrons. The smallest absolute Gasteiger partial charge is 0.410 e. The molecule has 0 saturated carbocycles. The van der Waals surface area contributed by atoms with Gasteiger partial charge in [0.2, 0.25) is 11.8 Å². The summed E-state index contributed by atoms with van der Waals surface area (Å²) in [5.74, 6) is 1.87. The molecule has 0 aliphatic carbocycles. The largest absolute Gasteiger partial charge is 0.481 e. The lowest BCUT2D eigenvalue weighted by atomic mass is 9.96. The predicted molar refractivity (Wildman–Crippen MR) is 141 cm³/mol. The van der Waals surface area contributed by atoms with E-state index in [1.54, 1.807) is 25.2 Å². The van der Waals surface area contributed by atoms with Gasteiger partial charge in [-0.2, -0.15) is 0 Å². The van der Waals surface area contributed by atoms with E-state index < -0.39 is 5.60 Å². The quantitative estimate of drug-likeness (QED) is 0.574. The Morgan fingerprint density at radius 1 is 1.00 bits per heavy atom. The lowest BCUT2D eigenvalue weighted by Gasteiger charge is -2.39. The number of nitrogens with one attached hydrogen (secondary N) is 1. The Balaban J connectivity index is 0.000000641. The fourth-order valence-corrected chi connectivity index (χ4v) is 3.80. The zero-order valence-electron chi connectivity index (χ0n) is 19.0. The Bertz CT molecular complexity index is 930. The highest BCUT2D eigenvalue weighted by Gasteiger charge is 2.35. The van der Waals surface area contributed by atoms with Gasteiger partial charge in [0.25, 0.3) is 0 Å². The van der Waals surface area contributed by atoms with E-state index in [0.29, 0.717) is 30.8 Å². The maximum atomic E-state index is 11.8. The summed E-state index contributed by atoms with van der Waals surface area (Å²) in [4.78, 5) is 29.9. The van der Waals surface area contributed by atoms with E-state index in [9.17, 15) is 4.79 Å². The molecule has 0 radical (unpaired) electrons. The Hall–Kier alpha value is -2.53. The molecule has 1 amide bonds. The monoisotopic (exact) mass is 556 g/mol. The number of nitrogens with zero attached hydrogens (tertiary/aromatic N) is 5. The second kappa shape index (κ2) is 14.1. The highest BCUT2D eigenvalue weighted by atomic mass is 79.9. The molecule has 4 heterocycles. The van der Waals surface area contributed by atoms with Crippen LogP contribution >= 0.6 is 15.9 Å². The number of carbonyl (C=O) groups is 1. The summed E-state index contributed by atoms with van der Waals surface area (Å²) in [5.41, 5.74) is 1.47. The van der Waals surface area contributed by atoms with Gasteiger partial charge >= 0.3 is 6.09 Å². The second-order valence-corrected chi connectivity index (χ2v) is 9.30. The predicted octanol–water partition coefficient (Wildman–Crippen LogP) is 4.66. The molecule has 0 atom stereocenters. The van der Waals surface area contributed by atoms with Crippen LogP contribution in [0, 0.1) is 0 Å². The molecule has 11 heteroatoms. The number of ether oxygens (including phenoxy) is 3. The van der Waals surface area contributed by atoms with Crippen LogP contribution in [0.25, 0.3) is 0 Å². The van der Waals surface area contributed by atoms with Crippen molar-refractivity contribution < 1.29 is 19.0 Å². The van der Waals surface area contributed by atoms with Crippen molar-refractivity contribution >= 4 is 22.0 Å². The zero-order valence-corrected chi connectivity index (χ0v) is 20.5. The number of likely N-dealkylation sites (tertiary alicyclic amines) is 1. The molecule has 2 saturated heterocycles. The molecule has 1 N–H and O–H groups in total. The molecule has 35 heavy (non-hydrogen) atoms. The number of amides is 1. The minimum atomic E-state index is -0.458. The Morgan fingerprint density at radius 3 is 2.14 bits per heavy atom. The normalized spacial score (nSPS) is 14.9. The van der Waals surface area contributed by atoms with E-state index in [0.717, 1.165) is 29.0 Å². The summed E-state index contributed by atoms with van der Waals surface area (Å²) in [6, 6.07) is 1.80. The molecule has 2 aliphatic heterocycles. The average Bonchev–Trinajstić information content (AvgIpc) is 2.66. The molecular formula is C24H41BrN6O4. The van der Waals surface area contributed by atoms with Crippen molar-refractivity contribution in [2.45, 2.75) is 60.5 Å². The van der Waals surface area contributed by atoms with Crippen molar-refractivity contribution in [1.82, 2.24) is 30.2 Å². The first-order chi connectivity index (χ1) is 15.2. The zero-order chi connectivity index (χ0) is 23.3. The van der Waals surface area contributed by atoms with Crippen molar-refractivity contribution in [3.63, 3.8) is 0 Å². The van der Waals surface area contributed by atoms with E-state index >= 15 is 0 Å². The first-order valence-electron chi connectivity index (χ1n) is 10.3. The molecular weight excluding hydrogens is 516 g/mol. The summed E-state index contributed by atoms with van der Waals surface area (Å²) in [7, 11) is 3.18. The lowest BCUT2D eigenvalue weighted by molar-refractivity contribution is 0.00785. The van der Waals surface area contributed by atoms with Crippen LogP contribution in [0.2, 0.25) is 0 Å². The molecule has 0 bridgehead atoms. The molecule has 0 aromatic carbocycles. The van der Waals surface area contributed by atoms with E-state index in [2.05, 4.69) is 41.2 Å². The van der Waals surface area contributed by atoms with Crippen LogP contribution in [0.15, 0.2) is 23.2 Å². The van der Waals surface area contributed by atoms with Gasteiger partial charge < -0.3 is 24.4 Å². The number of aromatic nitrogens is 4. The van der Waals surface area contributed by atoms with Crippen LogP contribution < -0.4 is 14.8 Å². The summed E-state index contributed by atoms with van der Waals surface area (Å²) in [5, 5.41) is 3.20. The van der Waals surface area contributed by atoms with Gasteiger partial charge in [0.15, 0.2) is 0 Å². The number of methoxy groups -OCH3 is 2. The van der Waals surface area contributed by atoms with E-state index in [4.69, 9.17) is 14.2 Å². The number of rotatable bonds is 4. The molecule has 10 nitrogen and oxygen atoms in total. The van der Waals surface area contributed by atoms with Gasteiger partial charge in [0, 0.05) is 44.1 Å². The Kier molecular flexibility index (Phi) is 13.1. The lowest BCUT2D eigenvalue weighted by Crippen LogP contribution is -2.50. The van der Waals surface area contributed by atoms with Crippen molar-refractivity contribution in [3.8, 4) is 11.8 Å². The van der Waals surface area contributed by atoms with Gasteiger partial charge in [-0.15, -0.1) is 0 Å². The highest BCUT2D eigenvalue weighted by Crippen LogP contribution is 2.31. The van der Waals surface area contributed by atoms with Crippen molar-refractivity contribution in [2.75, 3.05) is 40.4 Å². The molecule has 0 spiro atoms. The van der Waals surface area contributed by atoms with Gasteiger partial charge in [0.05, 0.1) is 25.6 Å². The van der Waals surface area contributed by atoms with Crippen LogP contribution in [-0.2, 0) is 4.74 Å². The third-order valence-corrected chi connectivity index (χ3v) is 5.72. The standard InChI is InChI=1S/C13H19N3O3.C8H10BrN3O.3CH4/c1-13(2,3)19-12(17)16-6-9(7-16)10-5-11(18-4)15-8-14-10;1-13-8-6(9)7(11-4-12-8)5-2-10-3-5;;;/h5,8-9H,6-7H2,1-4H3;4-5,10H,2-3H2,1H3;3*1H4. The third-order valence-electron chi connectivity index (χ3n) is 4.97. The second-order valence-electron chi connectivity index (χ2n) is 8.50. The van der Waals surface area contributed by atoms with Crippen LogP contribution in [0.5, 0.6) is 11.8 Å². The molecule has 2 aromatic rings. The molecule has 2 aromatic heterocycles. The number of halogens is 1. The van der Waals surface area contributed by atoms with E-state index in [-0.39, 0.29) is 34.3 Å². The topological polar surface area (TPSA) is 112 Å². The first kappa shape index (κ1) is 32.5. The average molecular weight is 558 g/mol. The van der Waals surface area contributed by atoms with E-state index in [1.165, 1.54) is 12.7 Å². The SMILES string of the molecule is C.C.C.COc1cc(C2CN(C(=O)OC(C)(C)C)C2)ncn1.COc1ncnc(C2CNC2)c1Br. The van der Waals surface area contributed by atoms with Crippen LogP contribution in [-0.4, -0.2) is 76.9 Å². The molecule has 4 rings (SSSR count). The fraction of sp³-hybridized carbons (Fsp3) is 0.625. The summed E-state index contributed by atoms with van der Waals surface area (Å²) < 4.78 is 16.3.